The molecule has 17 nitrogen and oxygen atoms in total. The van der Waals surface area contributed by atoms with E-state index in [9.17, 15) is 27.6 Å². The number of carbonyl (C=O) groups is 4. The molecule has 0 spiro atoms. The van der Waals surface area contributed by atoms with Crippen LogP contribution in [0, 0.1) is 0 Å². The highest BCUT2D eigenvalue weighted by molar-refractivity contribution is 7.89. The van der Waals surface area contributed by atoms with Crippen molar-refractivity contribution in [1.82, 2.24) is 39.7 Å². The van der Waals surface area contributed by atoms with Gasteiger partial charge in [0, 0.05) is 25.0 Å². The van der Waals surface area contributed by atoms with Gasteiger partial charge in [0.25, 0.3) is 0 Å². The number of hydrogen-bond donors (Lipinski definition) is 4. The van der Waals surface area contributed by atoms with E-state index in [1.54, 1.807) is 29.3 Å². The van der Waals surface area contributed by atoms with Crippen molar-refractivity contribution in [3.05, 3.63) is 115 Å². The molecule has 0 aliphatic carbocycles. The van der Waals surface area contributed by atoms with Gasteiger partial charge in [0.15, 0.2) is 0 Å². The summed E-state index contributed by atoms with van der Waals surface area (Å²) in [6.07, 6.45) is 2.66. The molecule has 5 N–H and O–H groups in total. The predicted molar refractivity (Wildman–Crippen MR) is 223 cm³/mol. The minimum atomic E-state index is -3.93. The van der Waals surface area contributed by atoms with Gasteiger partial charge < -0.3 is 34.9 Å². The van der Waals surface area contributed by atoms with Gasteiger partial charge in [0.1, 0.15) is 18.9 Å². The van der Waals surface area contributed by atoms with Crippen LogP contribution >= 0.6 is 0 Å². The van der Waals surface area contributed by atoms with E-state index in [-0.39, 0.29) is 37.1 Å². The Balaban J connectivity index is 1.41. The number of nitrogens with two attached hydrogens (primary N) is 1. The molecule has 0 unspecified atom stereocenters. The van der Waals surface area contributed by atoms with E-state index >= 15 is 0 Å². The average Bonchev–Trinajstić information content (AvgIpc) is 3.72. The SMILES string of the molecule is C=C(CN(CN(C)S(=O)(=O)c1ccccc1)C(=O)CNC(=O)OC)N/C(=C\C)c1ccc(-c2ccc(-c3cnc(CN(CCC)C(=O)CN(N)C(=O)OC)[nH]3)cc2)cc1. The monoisotopic (exact) mass is 829 g/mol. The number of carbonyl (C=O) groups excluding carboxylic acids is 4. The highest BCUT2D eigenvalue weighted by Gasteiger charge is 2.26. The van der Waals surface area contributed by atoms with Crippen molar-refractivity contribution in [3.63, 3.8) is 0 Å². The second-order valence-corrected chi connectivity index (χ2v) is 15.3. The van der Waals surface area contributed by atoms with E-state index in [0.29, 0.717) is 30.2 Å². The normalized spacial score (nSPS) is 11.4. The summed E-state index contributed by atoms with van der Waals surface area (Å²) < 4.78 is 36.7. The van der Waals surface area contributed by atoms with Crippen molar-refractivity contribution in [1.29, 1.82) is 0 Å². The van der Waals surface area contributed by atoms with Crippen LogP contribution in [0.15, 0.2) is 108 Å². The third-order valence-electron chi connectivity index (χ3n) is 8.98. The Kier molecular flexibility index (Phi) is 16.3. The summed E-state index contributed by atoms with van der Waals surface area (Å²) in [5, 5.41) is 6.32. The number of sulfonamides is 1. The summed E-state index contributed by atoms with van der Waals surface area (Å²) in [4.78, 5) is 60.1. The van der Waals surface area contributed by atoms with Crippen LogP contribution in [0.3, 0.4) is 0 Å². The van der Waals surface area contributed by atoms with Crippen molar-refractivity contribution >= 4 is 39.7 Å². The molecule has 1 aromatic heterocycles. The molecule has 0 radical (unpaired) electrons. The number of amides is 4. The first kappa shape index (κ1) is 45.2. The number of hydrogen-bond acceptors (Lipinski definition) is 11. The van der Waals surface area contributed by atoms with Crippen LogP contribution < -0.4 is 16.5 Å². The van der Waals surface area contributed by atoms with Crippen molar-refractivity contribution in [2.24, 2.45) is 5.84 Å². The van der Waals surface area contributed by atoms with E-state index in [1.807, 2.05) is 68.5 Å². The Morgan fingerprint density at radius 3 is 2.10 bits per heavy atom. The first-order valence-electron chi connectivity index (χ1n) is 18.6. The molecule has 4 amide bonds. The lowest BCUT2D eigenvalue weighted by atomic mass is 10.0. The fraction of sp³-hybridized carbons (Fsp3) is 0.293. The summed E-state index contributed by atoms with van der Waals surface area (Å²) in [6, 6.07) is 23.6. The van der Waals surface area contributed by atoms with Gasteiger partial charge in [-0.3, -0.25) is 9.59 Å². The van der Waals surface area contributed by atoms with E-state index < -0.39 is 34.7 Å². The number of rotatable bonds is 19. The lowest BCUT2D eigenvalue weighted by Crippen LogP contribution is -2.47. The molecular formula is C41H51N9O8S. The van der Waals surface area contributed by atoms with Crippen LogP contribution in [-0.2, 0) is 35.6 Å². The van der Waals surface area contributed by atoms with Gasteiger partial charge in [0.05, 0.1) is 50.8 Å². The van der Waals surface area contributed by atoms with E-state index in [4.69, 9.17) is 5.84 Å². The number of hydrazine groups is 1. The summed E-state index contributed by atoms with van der Waals surface area (Å²) in [7, 11) is -0.197. The molecule has 4 aromatic rings. The van der Waals surface area contributed by atoms with E-state index in [2.05, 4.69) is 36.7 Å². The fourth-order valence-electron chi connectivity index (χ4n) is 5.85. The van der Waals surface area contributed by atoms with Gasteiger partial charge in [-0.15, -0.1) is 0 Å². The maximum absolute atomic E-state index is 13.3. The zero-order chi connectivity index (χ0) is 43.1. The molecular weight excluding hydrogens is 779 g/mol. The zero-order valence-electron chi connectivity index (χ0n) is 33.8. The predicted octanol–water partition coefficient (Wildman–Crippen LogP) is 4.35. The molecule has 18 heteroatoms. The molecule has 0 saturated carbocycles. The molecule has 3 aromatic carbocycles. The average molecular weight is 830 g/mol. The molecule has 0 fully saturated rings. The van der Waals surface area contributed by atoms with Crippen LogP contribution in [0.2, 0.25) is 0 Å². The second-order valence-electron chi connectivity index (χ2n) is 13.2. The summed E-state index contributed by atoms with van der Waals surface area (Å²) in [6.45, 7) is 7.44. The van der Waals surface area contributed by atoms with Gasteiger partial charge in [0.2, 0.25) is 21.8 Å². The number of aromatic amines is 1. The summed E-state index contributed by atoms with van der Waals surface area (Å²) in [5.74, 6) is 5.34. The number of alkyl carbamates (subject to hydrolysis) is 1. The van der Waals surface area contributed by atoms with E-state index in [1.165, 1.54) is 38.3 Å². The fourth-order valence-corrected chi connectivity index (χ4v) is 7.01. The minimum Gasteiger partial charge on any atom is -0.453 e. The van der Waals surface area contributed by atoms with Crippen molar-refractivity contribution in [2.75, 3.05) is 54.1 Å². The molecule has 4 rings (SSSR count). The Hall–Kier alpha value is -6.50. The highest BCUT2D eigenvalue weighted by Crippen LogP contribution is 2.26. The van der Waals surface area contributed by atoms with Crippen LogP contribution in [0.5, 0.6) is 0 Å². The molecule has 0 aliphatic rings. The van der Waals surface area contributed by atoms with Crippen molar-refractivity contribution in [2.45, 2.75) is 31.7 Å². The van der Waals surface area contributed by atoms with Crippen molar-refractivity contribution < 1.29 is 37.1 Å². The van der Waals surface area contributed by atoms with Crippen LogP contribution in [0.1, 0.15) is 31.7 Å². The number of benzene rings is 3. The topological polar surface area (TPSA) is 213 Å². The highest BCUT2D eigenvalue weighted by atomic mass is 32.2. The summed E-state index contributed by atoms with van der Waals surface area (Å²) >= 11 is 0. The summed E-state index contributed by atoms with van der Waals surface area (Å²) in [5.41, 5.74) is 5.56. The number of nitrogens with zero attached hydrogens (tertiary/aromatic N) is 5. The van der Waals surface area contributed by atoms with Gasteiger partial charge in [-0.2, -0.15) is 4.31 Å². The lowest BCUT2D eigenvalue weighted by Gasteiger charge is -2.29. The van der Waals surface area contributed by atoms with Crippen molar-refractivity contribution in [3.8, 4) is 22.4 Å². The van der Waals surface area contributed by atoms with Gasteiger partial charge >= 0.3 is 12.2 Å². The van der Waals surface area contributed by atoms with Gasteiger partial charge in [-0.05, 0) is 47.7 Å². The minimum absolute atomic E-state index is 0.0727. The number of imidazole rings is 1. The van der Waals surface area contributed by atoms with Crippen LogP contribution in [0.4, 0.5) is 9.59 Å². The van der Waals surface area contributed by atoms with Gasteiger partial charge in [-0.1, -0.05) is 86.3 Å². The second kappa shape index (κ2) is 21.3. The first-order chi connectivity index (χ1) is 28.2. The first-order valence-corrected chi connectivity index (χ1v) is 20.0. The molecule has 1 heterocycles. The Bertz CT molecular complexity index is 2210. The molecule has 59 heavy (non-hydrogen) atoms. The third kappa shape index (κ3) is 12.5. The standard InChI is InChI=1S/C41H51N9O8S/c1-7-22-48(39(52)27-50(42)41(54)58-6)26-37-43-23-36(46-37)33-20-16-31(17-21-33)30-14-18-32(19-15-30)35(8-2)45-29(3)25-49(38(51)24-44-40(53)57-5)28-47(4)59(55,56)34-12-10-9-11-13-34/h8-21,23,45H,3,7,22,24-28,42H2,1-2,4-6H3,(H,43,46)(H,44,53)/b35-8-. The number of nitrogens with one attached hydrogen (secondary N) is 3. The number of H-pyrrole nitrogens is 1. The van der Waals surface area contributed by atoms with E-state index in [0.717, 1.165) is 37.3 Å². The van der Waals surface area contributed by atoms with Crippen LogP contribution in [0.25, 0.3) is 28.1 Å². The maximum Gasteiger partial charge on any atom is 0.424 e. The Morgan fingerprint density at radius 1 is 0.881 bits per heavy atom. The smallest absolute Gasteiger partial charge is 0.424 e. The van der Waals surface area contributed by atoms with Gasteiger partial charge in [-0.25, -0.2) is 33.8 Å². The van der Waals surface area contributed by atoms with Crippen LogP contribution in [-0.4, -0.2) is 116 Å². The molecule has 0 saturated heterocycles. The zero-order valence-corrected chi connectivity index (χ0v) is 34.6. The Labute approximate surface area is 344 Å². The molecule has 0 bridgehead atoms. The number of ether oxygens (including phenoxy) is 2. The number of methoxy groups -OCH3 is 2. The third-order valence-corrected chi connectivity index (χ3v) is 10.8. The molecule has 314 valence electrons. The Morgan fingerprint density at radius 2 is 1.51 bits per heavy atom. The molecule has 0 aliphatic heterocycles. The lowest BCUT2D eigenvalue weighted by molar-refractivity contribution is -0.133. The number of allylic oxidation sites excluding steroid dienone is 1. The maximum atomic E-state index is 13.3. The number of aromatic nitrogens is 2. The largest absolute Gasteiger partial charge is 0.453 e. The molecule has 0 atom stereocenters. The quantitative estimate of drug-likeness (QED) is 0.0452.